The molecule has 0 bridgehead atoms. The molecule has 0 aromatic heterocycles. The molecule has 1 saturated heterocycles. The van der Waals surface area contributed by atoms with Crippen LogP contribution in [0.4, 0.5) is 0 Å². The highest BCUT2D eigenvalue weighted by atomic mass is 16.3. The Morgan fingerprint density at radius 1 is 1.75 bits per heavy atom. The molecule has 2 heteroatoms. The lowest BCUT2D eigenvalue weighted by molar-refractivity contribution is 0.212. The largest absolute Gasteiger partial charge is 0.396 e. The van der Waals surface area contributed by atoms with E-state index in [1.165, 1.54) is 12.8 Å². The Morgan fingerprint density at radius 3 is 2.88 bits per heavy atom. The van der Waals surface area contributed by atoms with Crippen LogP contribution in [0.1, 0.15) is 12.8 Å². The number of nitrogens with one attached hydrogen (secondary N) is 1. The minimum atomic E-state index is 0.347. The first-order chi connectivity index (χ1) is 3.87. The van der Waals surface area contributed by atoms with Crippen molar-refractivity contribution in [2.45, 2.75) is 18.9 Å². The van der Waals surface area contributed by atoms with Crippen molar-refractivity contribution in [1.29, 1.82) is 0 Å². The Hall–Kier alpha value is -0.0800. The lowest BCUT2D eigenvalue weighted by Crippen LogP contribution is -2.11. The molecule has 46 valence electrons. The highest BCUT2D eigenvalue weighted by molar-refractivity contribution is 5.11. The number of aliphatic hydroxyl groups is 1. The molecule has 2 aliphatic rings. The maximum absolute atomic E-state index is 8.83. The van der Waals surface area contributed by atoms with Gasteiger partial charge in [-0.25, -0.2) is 0 Å². The van der Waals surface area contributed by atoms with E-state index in [2.05, 4.69) is 5.32 Å². The van der Waals surface area contributed by atoms with Gasteiger partial charge in [-0.15, -0.1) is 0 Å². The van der Waals surface area contributed by atoms with Gasteiger partial charge in [0.1, 0.15) is 0 Å². The van der Waals surface area contributed by atoms with Crippen molar-refractivity contribution < 1.29 is 5.11 Å². The summed E-state index contributed by atoms with van der Waals surface area (Å²) in [5.74, 6) is 0. The van der Waals surface area contributed by atoms with Crippen molar-refractivity contribution in [3.05, 3.63) is 0 Å². The molecule has 2 rings (SSSR count). The SMILES string of the molecule is OCC12CCNC1C2. The van der Waals surface area contributed by atoms with E-state index >= 15 is 0 Å². The van der Waals surface area contributed by atoms with Crippen LogP contribution in [-0.4, -0.2) is 24.3 Å². The van der Waals surface area contributed by atoms with Crippen LogP contribution in [0.3, 0.4) is 0 Å². The summed E-state index contributed by atoms with van der Waals surface area (Å²) in [7, 11) is 0. The smallest absolute Gasteiger partial charge is 0.0503 e. The Kier molecular flexibility index (Phi) is 0.746. The van der Waals surface area contributed by atoms with Crippen molar-refractivity contribution in [2.75, 3.05) is 13.2 Å². The molecule has 1 aliphatic carbocycles. The van der Waals surface area contributed by atoms with Crippen LogP contribution in [0.5, 0.6) is 0 Å². The minimum absolute atomic E-state index is 0.347. The summed E-state index contributed by atoms with van der Waals surface area (Å²) in [5.41, 5.74) is 0.347. The van der Waals surface area contributed by atoms with Crippen LogP contribution in [0.15, 0.2) is 0 Å². The molecule has 2 N–H and O–H groups in total. The summed E-state index contributed by atoms with van der Waals surface area (Å²) in [6.07, 6.45) is 2.40. The van der Waals surface area contributed by atoms with Crippen LogP contribution >= 0.6 is 0 Å². The summed E-state index contributed by atoms with van der Waals surface area (Å²) in [4.78, 5) is 0. The average Bonchev–Trinajstić information content (AvgIpc) is 2.38. The van der Waals surface area contributed by atoms with Gasteiger partial charge >= 0.3 is 0 Å². The number of piperidine rings is 1. The van der Waals surface area contributed by atoms with Gasteiger partial charge in [0, 0.05) is 11.5 Å². The lowest BCUT2D eigenvalue weighted by atomic mass is 10.1. The van der Waals surface area contributed by atoms with Crippen molar-refractivity contribution >= 4 is 0 Å². The first kappa shape index (κ1) is 4.77. The summed E-state index contributed by atoms with van der Waals surface area (Å²) in [6.45, 7) is 1.51. The van der Waals surface area contributed by atoms with Crippen LogP contribution < -0.4 is 5.32 Å². The van der Waals surface area contributed by atoms with Crippen molar-refractivity contribution in [3.8, 4) is 0 Å². The highest BCUT2D eigenvalue weighted by Crippen LogP contribution is 2.51. The Labute approximate surface area is 48.9 Å². The Bertz CT molecular complexity index is 111. The monoisotopic (exact) mass is 113 g/mol. The molecule has 2 nitrogen and oxygen atoms in total. The number of fused-ring (bicyclic) bond motifs is 1. The number of hydrogen-bond donors (Lipinski definition) is 2. The molecule has 2 atom stereocenters. The number of aliphatic hydroxyl groups excluding tert-OH is 1. The van der Waals surface area contributed by atoms with E-state index in [0.717, 1.165) is 6.54 Å². The van der Waals surface area contributed by atoms with Crippen LogP contribution in [0, 0.1) is 5.41 Å². The molecule has 8 heavy (non-hydrogen) atoms. The fraction of sp³-hybridized carbons (Fsp3) is 1.00. The maximum Gasteiger partial charge on any atom is 0.0503 e. The molecule has 0 radical (unpaired) electrons. The van der Waals surface area contributed by atoms with Gasteiger partial charge in [0.05, 0.1) is 6.61 Å². The van der Waals surface area contributed by atoms with Crippen LogP contribution in [0.2, 0.25) is 0 Å². The molecule has 0 aromatic rings. The molecule has 0 aromatic carbocycles. The normalized spacial score (nSPS) is 51.4. The second-order valence-electron chi connectivity index (χ2n) is 2.98. The average molecular weight is 113 g/mol. The maximum atomic E-state index is 8.83. The molecule has 2 fully saturated rings. The van der Waals surface area contributed by atoms with Gasteiger partial charge < -0.3 is 10.4 Å². The topological polar surface area (TPSA) is 32.3 Å². The predicted octanol–water partition coefficient (Wildman–Crippen LogP) is -0.269. The molecule has 2 unspecified atom stereocenters. The highest BCUT2D eigenvalue weighted by Gasteiger charge is 2.56. The van der Waals surface area contributed by atoms with Crippen molar-refractivity contribution in [3.63, 3.8) is 0 Å². The van der Waals surface area contributed by atoms with E-state index in [1.807, 2.05) is 0 Å². The summed E-state index contributed by atoms with van der Waals surface area (Å²) >= 11 is 0. The van der Waals surface area contributed by atoms with Gasteiger partial charge in [0.2, 0.25) is 0 Å². The molecular formula is C6H11NO. The van der Waals surface area contributed by atoms with Gasteiger partial charge in [-0.1, -0.05) is 0 Å². The molecule has 1 saturated carbocycles. The third-order valence-electron chi connectivity index (χ3n) is 2.52. The lowest BCUT2D eigenvalue weighted by Gasteiger charge is -2.01. The van der Waals surface area contributed by atoms with Gasteiger partial charge in [-0.3, -0.25) is 0 Å². The Balaban J connectivity index is 2.08. The molecular weight excluding hydrogens is 102 g/mol. The molecule has 1 heterocycles. The zero-order chi connectivity index (χ0) is 5.61. The molecule has 0 amide bonds. The summed E-state index contributed by atoms with van der Waals surface area (Å²) in [5, 5.41) is 12.2. The van der Waals surface area contributed by atoms with Gasteiger partial charge in [-0.2, -0.15) is 0 Å². The third kappa shape index (κ3) is 0.400. The van der Waals surface area contributed by atoms with E-state index < -0.39 is 0 Å². The van der Waals surface area contributed by atoms with Gasteiger partial charge in [0.15, 0.2) is 0 Å². The minimum Gasteiger partial charge on any atom is -0.396 e. The van der Waals surface area contributed by atoms with E-state index in [9.17, 15) is 0 Å². The second-order valence-corrected chi connectivity index (χ2v) is 2.98. The van der Waals surface area contributed by atoms with E-state index in [0.29, 0.717) is 18.1 Å². The standard InChI is InChI=1S/C6H11NO/c8-4-6-1-2-7-5(6)3-6/h5,7-8H,1-4H2. The quantitative estimate of drug-likeness (QED) is 0.490. The van der Waals surface area contributed by atoms with Crippen molar-refractivity contribution in [2.24, 2.45) is 5.41 Å². The predicted molar refractivity (Wildman–Crippen MR) is 30.5 cm³/mol. The summed E-state index contributed by atoms with van der Waals surface area (Å²) in [6, 6.07) is 0.674. The van der Waals surface area contributed by atoms with Crippen LogP contribution in [-0.2, 0) is 0 Å². The summed E-state index contributed by atoms with van der Waals surface area (Å²) < 4.78 is 0. The van der Waals surface area contributed by atoms with E-state index in [4.69, 9.17) is 5.11 Å². The second kappa shape index (κ2) is 1.25. The van der Waals surface area contributed by atoms with Gasteiger partial charge in [0.25, 0.3) is 0 Å². The first-order valence-corrected chi connectivity index (χ1v) is 3.22. The van der Waals surface area contributed by atoms with E-state index in [-0.39, 0.29) is 0 Å². The number of rotatable bonds is 1. The zero-order valence-corrected chi connectivity index (χ0v) is 4.85. The fourth-order valence-electron chi connectivity index (χ4n) is 1.66. The third-order valence-corrected chi connectivity index (χ3v) is 2.52. The van der Waals surface area contributed by atoms with Crippen molar-refractivity contribution in [1.82, 2.24) is 5.32 Å². The Morgan fingerprint density at radius 2 is 2.62 bits per heavy atom. The van der Waals surface area contributed by atoms with Crippen LogP contribution in [0.25, 0.3) is 0 Å². The van der Waals surface area contributed by atoms with Gasteiger partial charge in [-0.05, 0) is 19.4 Å². The fourth-order valence-corrected chi connectivity index (χ4v) is 1.66. The zero-order valence-electron chi connectivity index (χ0n) is 4.85. The molecule has 1 aliphatic heterocycles. The van der Waals surface area contributed by atoms with E-state index in [1.54, 1.807) is 0 Å². The first-order valence-electron chi connectivity index (χ1n) is 3.22. The number of hydrogen-bond acceptors (Lipinski definition) is 2. The molecule has 0 spiro atoms.